The lowest BCUT2D eigenvalue weighted by Crippen LogP contribution is -2.48. The minimum atomic E-state index is -5.67. The highest BCUT2D eigenvalue weighted by molar-refractivity contribution is 8.25. The third kappa shape index (κ3) is 4.11. The van der Waals surface area contributed by atoms with Gasteiger partial charge >= 0.3 is 17.8 Å². The Balaban J connectivity index is 1.64. The van der Waals surface area contributed by atoms with Crippen LogP contribution in [0.3, 0.4) is 0 Å². The van der Waals surface area contributed by atoms with E-state index in [1.807, 2.05) is 24.3 Å². The highest BCUT2D eigenvalue weighted by Crippen LogP contribution is 2.65. The fourth-order valence-corrected chi connectivity index (χ4v) is 8.45. The average molecular weight is 595 g/mol. The Morgan fingerprint density at radius 3 is 2.08 bits per heavy atom. The fourth-order valence-electron chi connectivity index (χ4n) is 4.10. The van der Waals surface area contributed by atoms with Crippen LogP contribution >= 0.6 is 46.2 Å². The summed E-state index contributed by atoms with van der Waals surface area (Å²) in [6, 6.07) is 13.1. The summed E-state index contributed by atoms with van der Waals surface area (Å²) in [7, 11) is 0. The van der Waals surface area contributed by atoms with Gasteiger partial charge in [0.2, 0.25) is 0 Å². The number of benzene rings is 1. The summed E-state index contributed by atoms with van der Waals surface area (Å²) < 4.78 is 90.8. The summed E-state index contributed by atoms with van der Waals surface area (Å²) in [5.41, 5.74) is -4.12. The standard InChI is InChI=1S/C26H12F6N2S4/c1-13-18(8-17(36-13)6-14(10-33)11-34)23-22(24(27,28)26(31,32)25(23,29)30)15-7-16(35-12-15)9-21-37-19-4-2-3-5-20(19)38-21/h2-9,12H,1H3. The van der Waals surface area contributed by atoms with Gasteiger partial charge in [-0.2, -0.15) is 36.9 Å². The van der Waals surface area contributed by atoms with E-state index < -0.39 is 40.0 Å². The molecule has 0 N–H and O–H groups in total. The van der Waals surface area contributed by atoms with Crippen LogP contribution in [0.4, 0.5) is 26.3 Å². The van der Waals surface area contributed by atoms with Crippen LogP contribution < -0.4 is 0 Å². The summed E-state index contributed by atoms with van der Waals surface area (Å²) in [6.07, 6.45) is 2.80. The molecule has 0 fully saturated rings. The Morgan fingerprint density at radius 1 is 0.868 bits per heavy atom. The molecule has 0 atom stereocenters. The number of halogens is 6. The van der Waals surface area contributed by atoms with Crippen LogP contribution in [-0.2, 0) is 0 Å². The van der Waals surface area contributed by atoms with E-state index in [9.17, 15) is 8.78 Å². The highest BCUT2D eigenvalue weighted by atomic mass is 32.2. The molecule has 1 aliphatic carbocycles. The molecular formula is C26H12F6N2S4. The average Bonchev–Trinajstić information content (AvgIpc) is 3.59. The van der Waals surface area contributed by atoms with E-state index >= 15 is 17.6 Å². The molecule has 0 radical (unpaired) electrons. The number of hydrogen-bond acceptors (Lipinski definition) is 6. The molecule has 0 saturated carbocycles. The van der Waals surface area contributed by atoms with Crippen molar-refractivity contribution in [2.24, 2.45) is 0 Å². The summed E-state index contributed by atoms with van der Waals surface area (Å²) in [6.45, 7) is 1.33. The monoisotopic (exact) mass is 594 g/mol. The summed E-state index contributed by atoms with van der Waals surface area (Å²) in [5, 5.41) is 19.1. The molecule has 0 spiro atoms. The molecule has 0 amide bonds. The van der Waals surface area contributed by atoms with Gasteiger partial charge in [-0.3, -0.25) is 0 Å². The minimum Gasteiger partial charge on any atom is -0.194 e. The molecule has 38 heavy (non-hydrogen) atoms. The number of allylic oxidation sites excluding steroid dienone is 3. The van der Waals surface area contributed by atoms with E-state index in [4.69, 9.17) is 10.5 Å². The van der Waals surface area contributed by atoms with Gasteiger partial charge in [0.15, 0.2) is 0 Å². The first kappa shape index (κ1) is 26.7. The third-order valence-electron chi connectivity index (χ3n) is 5.84. The summed E-state index contributed by atoms with van der Waals surface area (Å²) in [5.74, 6) is -16.0. The normalized spacial score (nSPS) is 18.6. The zero-order valence-corrected chi connectivity index (χ0v) is 22.3. The number of hydrogen-bond donors (Lipinski definition) is 0. The molecule has 2 aromatic heterocycles. The van der Waals surface area contributed by atoms with Crippen LogP contribution in [0.1, 0.15) is 25.8 Å². The van der Waals surface area contributed by atoms with Crippen LogP contribution in [0.25, 0.3) is 23.3 Å². The summed E-state index contributed by atoms with van der Waals surface area (Å²) in [4.78, 5) is 2.67. The zero-order valence-electron chi connectivity index (χ0n) is 19.0. The van der Waals surface area contributed by atoms with Gasteiger partial charge in [0.1, 0.15) is 17.7 Å². The van der Waals surface area contributed by atoms with Crippen LogP contribution in [0.2, 0.25) is 0 Å². The molecule has 2 aliphatic rings. The van der Waals surface area contributed by atoms with Crippen molar-refractivity contribution in [3.05, 3.63) is 77.3 Å². The molecule has 3 aromatic rings. The van der Waals surface area contributed by atoms with Crippen molar-refractivity contribution in [3.63, 3.8) is 0 Å². The lowest BCUT2D eigenvalue weighted by atomic mass is 9.96. The van der Waals surface area contributed by atoms with Crippen LogP contribution in [0.5, 0.6) is 0 Å². The van der Waals surface area contributed by atoms with E-state index in [1.165, 1.54) is 41.9 Å². The van der Waals surface area contributed by atoms with Crippen molar-refractivity contribution in [3.8, 4) is 12.1 Å². The van der Waals surface area contributed by atoms with Gasteiger partial charge in [0.05, 0.1) is 4.24 Å². The second-order valence-corrected chi connectivity index (χ2v) is 12.9. The molecule has 192 valence electrons. The Morgan fingerprint density at radius 2 is 1.47 bits per heavy atom. The number of nitriles is 2. The molecule has 2 nitrogen and oxygen atoms in total. The molecule has 0 bridgehead atoms. The Hall–Kier alpha value is -2.90. The minimum absolute atomic E-state index is 0.0706. The number of alkyl halides is 6. The van der Waals surface area contributed by atoms with Crippen molar-refractivity contribution < 1.29 is 26.3 Å². The van der Waals surface area contributed by atoms with Gasteiger partial charge in [-0.1, -0.05) is 35.7 Å². The molecule has 5 rings (SSSR count). The second-order valence-electron chi connectivity index (χ2n) is 8.23. The number of rotatable bonds is 4. The molecule has 12 heteroatoms. The van der Waals surface area contributed by atoms with Crippen molar-refractivity contribution in [2.75, 3.05) is 0 Å². The number of aryl methyl sites for hydroxylation is 1. The Labute approximate surface area is 229 Å². The summed E-state index contributed by atoms with van der Waals surface area (Å²) >= 11 is 4.74. The molecule has 0 unspecified atom stereocenters. The number of thiophene rings is 2. The first-order valence-corrected chi connectivity index (χ1v) is 14.0. The lowest BCUT2D eigenvalue weighted by Gasteiger charge is -2.25. The van der Waals surface area contributed by atoms with Gasteiger partial charge in [-0.25, -0.2) is 0 Å². The van der Waals surface area contributed by atoms with Gasteiger partial charge in [-0.15, -0.1) is 22.7 Å². The first-order valence-electron chi connectivity index (χ1n) is 10.7. The van der Waals surface area contributed by atoms with Crippen molar-refractivity contribution in [1.82, 2.24) is 0 Å². The van der Waals surface area contributed by atoms with Crippen LogP contribution in [0.15, 0.2) is 61.4 Å². The van der Waals surface area contributed by atoms with E-state index in [-0.39, 0.29) is 15.3 Å². The third-order valence-corrected chi connectivity index (χ3v) is 10.1. The van der Waals surface area contributed by atoms with Gasteiger partial charge in [0, 0.05) is 35.6 Å². The van der Waals surface area contributed by atoms with E-state index in [2.05, 4.69) is 0 Å². The van der Waals surface area contributed by atoms with E-state index in [1.54, 1.807) is 18.2 Å². The maximum absolute atomic E-state index is 15.2. The maximum atomic E-state index is 15.2. The van der Waals surface area contributed by atoms with Crippen molar-refractivity contribution in [1.29, 1.82) is 10.5 Å². The molecule has 1 aromatic carbocycles. The number of nitrogens with zero attached hydrogens (tertiary/aromatic N) is 2. The Kier molecular flexibility index (Phi) is 6.59. The SMILES string of the molecule is Cc1sc(C=C(C#N)C#N)cc1C1=C(c2csc(C=C3Sc4ccccc4S3)c2)C(F)(F)C(F)(F)C1(F)F. The van der Waals surface area contributed by atoms with Crippen molar-refractivity contribution >= 4 is 69.5 Å². The van der Waals surface area contributed by atoms with Gasteiger partial charge in [0.25, 0.3) is 0 Å². The molecule has 3 heterocycles. The first-order chi connectivity index (χ1) is 17.9. The topological polar surface area (TPSA) is 47.6 Å². The van der Waals surface area contributed by atoms with Crippen LogP contribution in [-0.4, -0.2) is 17.8 Å². The highest BCUT2D eigenvalue weighted by Gasteiger charge is 2.80. The zero-order chi connectivity index (χ0) is 27.5. The predicted molar refractivity (Wildman–Crippen MR) is 140 cm³/mol. The Bertz CT molecular complexity index is 1600. The van der Waals surface area contributed by atoms with Crippen molar-refractivity contribution in [2.45, 2.75) is 34.5 Å². The van der Waals surface area contributed by atoms with E-state index in [0.717, 1.165) is 48.8 Å². The number of thioether (sulfide) groups is 2. The maximum Gasteiger partial charge on any atom is 0.380 e. The fraction of sp³-hybridized carbons (Fsp3) is 0.154. The second kappa shape index (κ2) is 9.38. The van der Waals surface area contributed by atoms with Crippen LogP contribution in [0, 0.1) is 29.6 Å². The van der Waals surface area contributed by atoms with E-state index in [0.29, 0.717) is 4.88 Å². The molecular weight excluding hydrogens is 583 g/mol. The smallest absolute Gasteiger partial charge is 0.194 e. The molecule has 1 aliphatic heterocycles. The lowest BCUT2D eigenvalue weighted by molar-refractivity contribution is -0.254. The quantitative estimate of drug-likeness (QED) is 0.223. The van der Waals surface area contributed by atoms with Gasteiger partial charge in [-0.05, 0) is 59.8 Å². The predicted octanol–water partition coefficient (Wildman–Crippen LogP) is 9.58. The number of fused-ring (bicyclic) bond motifs is 1. The van der Waals surface area contributed by atoms with Gasteiger partial charge < -0.3 is 0 Å². The molecule has 0 saturated heterocycles. The largest absolute Gasteiger partial charge is 0.380 e.